The fraction of sp³-hybridized carbons (Fsp3) is 0.278. The van der Waals surface area contributed by atoms with Crippen molar-refractivity contribution in [1.82, 2.24) is 10.3 Å². The third-order valence-electron chi connectivity index (χ3n) is 3.78. The summed E-state index contributed by atoms with van der Waals surface area (Å²) >= 11 is 0. The molecule has 3 heteroatoms. The maximum atomic E-state index is 5.44. The molecule has 2 heterocycles. The van der Waals surface area contributed by atoms with Crippen LogP contribution in [0, 0.1) is 0 Å². The molecule has 1 unspecified atom stereocenters. The van der Waals surface area contributed by atoms with E-state index in [4.69, 9.17) is 4.42 Å². The van der Waals surface area contributed by atoms with E-state index in [-0.39, 0.29) is 0 Å². The SMILES string of the molecule is CCNC(CCc1ccco1)c1cncc2ccccc12. The van der Waals surface area contributed by atoms with Crippen LogP contribution >= 0.6 is 0 Å². The minimum absolute atomic E-state index is 0.290. The number of benzene rings is 1. The fourth-order valence-corrected chi connectivity index (χ4v) is 2.77. The molecule has 0 aliphatic heterocycles. The van der Waals surface area contributed by atoms with Crippen molar-refractivity contribution in [2.45, 2.75) is 25.8 Å². The summed E-state index contributed by atoms with van der Waals surface area (Å²) in [6.07, 6.45) is 7.56. The van der Waals surface area contributed by atoms with Crippen LogP contribution in [0.3, 0.4) is 0 Å². The molecule has 0 radical (unpaired) electrons. The van der Waals surface area contributed by atoms with E-state index in [0.717, 1.165) is 25.1 Å². The van der Waals surface area contributed by atoms with E-state index >= 15 is 0 Å². The number of rotatable bonds is 6. The molecule has 2 aromatic heterocycles. The lowest BCUT2D eigenvalue weighted by Gasteiger charge is -2.19. The second-order valence-electron chi connectivity index (χ2n) is 5.18. The first-order valence-electron chi connectivity index (χ1n) is 7.47. The van der Waals surface area contributed by atoms with Gasteiger partial charge in [0.15, 0.2) is 0 Å². The van der Waals surface area contributed by atoms with Gasteiger partial charge in [-0.1, -0.05) is 31.2 Å². The van der Waals surface area contributed by atoms with Crippen LogP contribution in [0.4, 0.5) is 0 Å². The smallest absolute Gasteiger partial charge is 0.103 e. The number of nitrogens with one attached hydrogen (secondary N) is 1. The minimum atomic E-state index is 0.290. The minimum Gasteiger partial charge on any atom is -0.469 e. The first kappa shape index (κ1) is 13.8. The zero-order valence-corrected chi connectivity index (χ0v) is 12.3. The quantitative estimate of drug-likeness (QED) is 0.738. The molecule has 3 nitrogen and oxygen atoms in total. The third-order valence-corrected chi connectivity index (χ3v) is 3.78. The van der Waals surface area contributed by atoms with Gasteiger partial charge in [0.2, 0.25) is 0 Å². The van der Waals surface area contributed by atoms with Crippen LogP contribution in [0.2, 0.25) is 0 Å². The first-order chi connectivity index (χ1) is 10.4. The summed E-state index contributed by atoms with van der Waals surface area (Å²) in [7, 11) is 0. The van der Waals surface area contributed by atoms with Crippen LogP contribution in [-0.2, 0) is 6.42 Å². The summed E-state index contributed by atoms with van der Waals surface area (Å²) in [6, 6.07) is 12.7. The molecule has 0 bridgehead atoms. The van der Waals surface area contributed by atoms with Crippen LogP contribution in [-0.4, -0.2) is 11.5 Å². The number of aryl methyl sites for hydroxylation is 1. The van der Waals surface area contributed by atoms with Gasteiger partial charge in [0, 0.05) is 30.2 Å². The van der Waals surface area contributed by atoms with Crippen molar-refractivity contribution >= 4 is 10.8 Å². The average Bonchev–Trinajstić information content (AvgIpc) is 3.04. The number of furan rings is 1. The van der Waals surface area contributed by atoms with Gasteiger partial charge in [0.25, 0.3) is 0 Å². The molecular weight excluding hydrogens is 260 g/mol. The lowest BCUT2D eigenvalue weighted by molar-refractivity contribution is 0.459. The van der Waals surface area contributed by atoms with E-state index in [1.165, 1.54) is 16.3 Å². The number of aromatic nitrogens is 1. The summed E-state index contributed by atoms with van der Waals surface area (Å²) in [4.78, 5) is 4.40. The Labute approximate surface area is 125 Å². The molecule has 1 atom stereocenters. The molecule has 0 saturated carbocycles. The zero-order valence-electron chi connectivity index (χ0n) is 12.3. The van der Waals surface area contributed by atoms with Crippen molar-refractivity contribution < 1.29 is 4.42 Å². The molecule has 0 fully saturated rings. The monoisotopic (exact) mass is 280 g/mol. The average molecular weight is 280 g/mol. The Bertz CT molecular complexity index is 686. The van der Waals surface area contributed by atoms with E-state index in [1.54, 1.807) is 6.26 Å². The van der Waals surface area contributed by atoms with E-state index in [2.05, 4.69) is 41.5 Å². The maximum absolute atomic E-state index is 5.44. The van der Waals surface area contributed by atoms with Crippen LogP contribution in [0.25, 0.3) is 10.8 Å². The van der Waals surface area contributed by atoms with Crippen LogP contribution in [0.1, 0.15) is 30.7 Å². The second kappa shape index (κ2) is 6.55. The van der Waals surface area contributed by atoms with Gasteiger partial charge in [0.1, 0.15) is 5.76 Å². The van der Waals surface area contributed by atoms with E-state index in [1.807, 2.05) is 24.5 Å². The Hall–Kier alpha value is -2.13. The number of pyridine rings is 1. The van der Waals surface area contributed by atoms with Gasteiger partial charge in [0.05, 0.1) is 6.26 Å². The summed E-state index contributed by atoms with van der Waals surface area (Å²) < 4.78 is 5.44. The molecule has 1 N–H and O–H groups in total. The molecule has 0 aliphatic rings. The van der Waals surface area contributed by atoms with E-state index in [9.17, 15) is 0 Å². The molecule has 1 aromatic carbocycles. The highest BCUT2D eigenvalue weighted by Gasteiger charge is 2.14. The van der Waals surface area contributed by atoms with E-state index < -0.39 is 0 Å². The van der Waals surface area contributed by atoms with Gasteiger partial charge in [-0.2, -0.15) is 0 Å². The van der Waals surface area contributed by atoms with Gasteiger partial charge < -0.3 is 9.73 Å². The molecular formula is C18H20N2O. The molecule has 108 valence electrons. The van der Waals surface area contributed by atoms with Gasteiger partial charge >= 0.3 is 0 Å². The van der Waals surface area contributed by atoms with Crippen LogP contribution in [0.5, 0.6) is 0 Å². The summed E-state index contributed by atoms with van der Waals surface area (Å²) in [5.41, 5.74) is 1.27. The highest BCUT2D eigenvalue weighted by Crippen LogP contribution is 2.26. The predicted molar refractivity (Wildman–Crippen MR) is 85.2 cm³/mol. The standard InChI is InChI=1S/C18H20N2O/c1-2-20-18(10-9-15-7-5-11-21-15)17-13-19-12-14-6-3-4-8-16(14)17/h3-8,11-13,18,20H,2,9-10H2,1H3. The highest BCUT2D eigenvalue weighted by molar-refractivity contribution is 5.85. The predicted octanol–water partition coefficient (Wildman–Crippen LogP) is 4.11. The molecule has 0 saturated heterocycles. The van der Waals surface area contributed by atoms with Crippen molar-refractivity contribution in [2.75, 3.05) is 6.54 Å². The number of nitrogens with zero attached hydrogens (tertiary/aromatic N) is 1. The lowest BCUT2D eigenvalue weighted by Crippen LogP contribution is -2.22. The van der Waals surface area contributed by atoms with Gasteiger partial charge in [-0.25, -0.2) is 0 Å². The Morgan fingerprint density at radius 2 is 2.05 bits per heavy atom. The number of hydrogen-bond acceptors (Lipinski definition) is 3. The van der Waals surface area contributed by atoms with Crippen molar-refractivity contribution in [2.24, 2.45) is 0 Å². The Morgan fingerprint density at radius 1 is 1.14 bits per heavy atom. The molecule has 0 aliphatic carbocycles. The zero-order chi connectivity index (χ0) is 14.5. The van der Waals surface area contributed by atoms with Gasteiger partial charge in [-0.15, -0.1) is 0 Å². The van der Waals surface area contributed by atoms with E-state index in [0.29, 0.717) is 6.04 Å². The highest BCUT2D eigenvalue weighted by atomic mass is 16.3. The first-order valence-corrected chi connectivity index (χ1v) is 7.47. The molecule has 21 heavy (non-hydrogen) atoms. The molecule has 3 rings (SSSR count). The molecule has 0 spiro atoms. The molecule has 0 amide bonds. The topological polar surface area (TPSA) is 38.1 Å². The van der Waals surface area contributed by atoms with Crippen molar-refractivity contribution in [1.29, 1.82) is 0 Å². The normalized spacial score (nSPS) is 12.6. The lowest BCUT2D eigenvalue weighted by atomic mass is 9.97. The number of hydrogen-bond donors (Lipinski definition) is 1. The van der Waals surface area contributed by atoms with Crippen molar-refractivity contribution in [3.63, 3.8) is 0 Å². The summed E-state index contributed by atoms with van der Waals surface area (Å²) in [5.74, 6) is 1.03. The summed E-state index contributed by atoms with van der Waals surface area (Å²) in [5, 5.41) is 6.04. The van der Waals surface area contributed by atoms with Crippen molar-refractivity contribution in [3.05, 3.63) is 66.4 Å². The van der Waals surface area contributed by atoms with Crippen LogP contribution < -0.4 is 5.32 Å². The Morgan fingerprint density at radius 3 is 2.86 bits per heavy atom. The van der Waals surface area contributed by atoms with Crippen LogP contribution in [0.15, 0.2) is 59.5 Å². The largest absolute Gasteiger partial charge is 0.469 e. The Balaban J connectivity index is 1.88. The Kier molecular flexibility index (Phi) is 4.31. The summed E-state index contributed by atoms with van der Waals surface area (Å²) in [6.45, 7) is 3.07. The van der Waals surface area contributed by atoms with Gasteiger partial charge in [-0.05, 0) is 36.0 Å². The maximum Gasteiger partial charge on any atom is 0.103 e. The fourth-order valence-electron chi connectivity index (χ4n) is 2.77. The third kappa shape index (κ3) is 3.14. The number of fused-ring (bicyclic) bond motifs is 1. The molecule has 3 aromatic rings. The second-order valence-corrected chi connectivity index (χ2v) is 5.18. The van der Waals surface area contributed by atoms with Gasteiger partial charge in [-0.3, -0.25) is 4.98 Å². The van der Waals surface area contributed by atoms with Crippen molar-refractivity contribution in [3.8, 4) is 0 Å².